The Balaban J connectivity index is 1.68. The number of hydrogen-bond acceptors (Lipinski definition) is 10. The molecule has 0 fully saturated rings. The Bertz CT molecular complexity index is 1570. The van der Waals surface area contributed by atoms with Crippen molar-refractivity contribution < 1.29 is 9.53 Å². The van der Waals surface area contributed by atoms with Crippen molar-refractivity contribution in [2.24, 2.45) is 7.05 Å². The summed E-state index contributed by atoms with van der Waals surface area (Å²) < 4.78 is 7.42. The molecule has 0 spiro atoms. The SMILES string of the molecule is COc1cc(N(C)CCN(C)C)c(NC(C)=O)cc1Nc1ncc(C#N)c(Nc2ccccc2-c2ccn(C)n2)n1. The summed E-state index contributed by atoms with van der Waals surface area (Å²) in [6, 6.07) is 15.4. The van der Waals surface area contributed by atoms with Gasteiger partial charge in [0.1, 0.15) is 17.4 Å². The first-order valence-corrected chi connectivity index (χ1v) is 12.9. The van der Waals surface area contributed by atoms with Gasteiger partial charge in [-0.15, -0.1) is 0 Å². The average molecular weight is 555 g/mol. The molecule has 212 valence electrons. The molecule has 0 radical (unpaired) electrons. The van der Waals surface area contributed by atoms with Crippen molar-refractivity contribution in [1.82, 2.24) is 24.6 Å². The predicted octanol–water partition coefficient (Wildman–Crippen LogP) is 4.20. The van der Waals surface area contributed by atoms with Gasteiger partial charge in [0, 0.05) is 57.6 Å². The Kier molecular flexibility index (Phi) is 9.01. The minimum absolute atomic E-state index is 0.198. The molecule has 0 aliphatic carbocycles. The molecule has 0 atom stereocenters. The van der Waals surface area contributed by atoms with E-state index in [0.29, 0.717) is 22.9 Å². The number of methoxy groups -OCH3 is 1. The van der Waals surface area contributed by atoms with E-state index in [1.807, 2.05) is 70.8 Å². The Morgan fingerprint density at radius 3 is 2.51 bits per heavy atom. The Hall–Kier alpha value is -5.15. The molecular weight excluding hydrogens is 520 g/mol. The van der Waals surface area contributed by atoms with Crippen LogP contribution in [-0.4, -0.2) is 71.9 Å². The highest BCUT2D eigenvalue weighted by atomic mass is 16.5. The zero-order chi connectivity index (χ0) is 29.5. The van der Waals surface area contributed by atoms with E-state index in [1.54, 1.807) is 17.9 Å². The van der Waals surface area contributed by atoms with E-state index in [-0.39, 0.29) is 17.4 Å². The van der Waals surface area contributed by atoms with Crippen LogP contribution in [-0.2, 0) is 11.8 Å². The zero-order valence-electron chi connectivity index (χ0n) is 24.1. The van der Waals surface area contributed by atoms with E-state index in [1.165, 1.54) is 13.1 Å². The summed E-state index contributed by atoms with van der Waals surface area (Å²) in [6.07, 6.45) is 3.32. The van der Waals surface area contributed by atoms with E-state index in [0.717, 1.165) is 35.7 Å². The lowest BCUT2D eigenvalue weighted by Crippen LogP contribution is -2.29. The van der Waals surface area contributed by atoms with E-state index >= 15 is 0 Å². The van der Waals surface area contributed by atoms with Crippen LogP contribution in [0.3, 0.4) is 0 Å². The molecule has 0 bridgehead atoms. The van der Waals surface area contributed by atoms with E-state index in [9.17, 15) is 10.1 Å². The first-order chi connectivity index (χ1) is 19.7. The highest BCUT2D eigenvalue weighted by Crippen LogP contribution is 2.38. The number of ether oxygens (including phenoxy) is 1. The molecule has 4 rings (SSSR count). The van der Waals surface area contributed by atoms with Crippen LogP contribution in [0.1, 0.15) is 12.5 Å². The van der Waals surface area contributed by atoms with Crippen molar-refractivity contribution in [2.45, 2.75) is 6.92 Å². The number of nitrogens with one attached hydrogen (secondary N) is 3. The van der Waals surface area contributed by atoms with Gasteiger partial charge < -0.3 is 30.5 Å². The number of aryl methyl sites for hydroxylation is 1. The summed E-state index contributed by atoms with van der Waals surface area (Å²) >= 11 is 0. The maximum absolute atomic E-state index is 12.0. The second-order valence-electron chi connectivity index (χ2n) is 9.71. The molecular formula is C29H34N10O2. The number of nitrogens with zero attached hydrogens (tertiary/aromatic N) is 7. The first kappa shape index (κ1) is 28.8. The highest BCUT2D eigenvalue weighted by Gasteiger charge is 2.17. The number of rotatable bonds is 11. The van der Waals surface area contributed by atoms with Gasteiger partial charge in [-0.1, -0.05) is 18.2 Å². The number of likely N-dealkylation sites (N-methyl/N-ethyl adjacent to an activating group) is 2. The molecule has 3 N–H and O–H groups in total. The molecule has 12 nitrogen and oxygen atoms in total. The molecule has 41 heavy (non-hydrogen) atoms. The standard InChI is InChI=1S/C29H34N10O2/c1-19(40)32-24-15-25(27(41-6)16-26(24)38(4)14-13-37(2)3)34-29-31-18-20(17-30)28(35-29)33-22-10-8-7-9-21(22)23-11-12-39(5)36-23/h7-12,15-16,18H,13-14H2,1-6H3,(H,32,40)(H2,31,33,34,35). The summed E-state index contributed by atoms with van der Waals surface area (Å²) in [5.41, 5.74) is 4.62. The lowest BCUT2D eigenvalue weighted by molar-refractivity contribution is -0.114. The van der Waals surface area contributed by atoms with Gasteiger partial charge in [-0.05, 0) is 32.3 Å². The summed E-state index contributed by atoms with van der Waals surface area (Å²) in [5.74, 6) is 0.905. The minimum atomic E-state index is -0.198. The number of benzene rings is 2. The predicted molar refractivity (Wildman–Crippen MR) is 161 cm³/mol. The molecule has 4 aromatic rings. The van der Waals surface area contributed by atoms with Crippen molar-refractivity contribution >= 4 is 40.4 Å². The van der Waals surface area contributed by atoms with Gasteiger partial charge >= 0.3 is 0 Å². The number of carbonyl (C=O) groups is 1. The number of aromatic nitrogens is 4. The van der Waals surface area contributed by atoms with Gasteiger partial charge in [0.15, 0.2) is 5.82 Å². The van der Waals surface area contributed by atoms with Crippen LogP contribution in [0, 0.1) is 11.3 Å². The molecule has 2 aromatic heterocycles. The third-order valence-electron chi connectivity index (χ3n) is 6.25. The van der Waals surface area contributed by atoms with Gasteiger partial charge in [0.05, 0.1) is 36.1 Å². The summed E-state index contributed by atoms with van der Waals surface area (Å²) in [4.78, 5) is 25.1. The number of anilines is 6. The number of amides is 1. The fourth-order valence-corrected chi connectivity index (χ4v) is 4.15. The van der Waals surface area contributed by atoms with Crippen molar-refractivity contribution in [3.8, 4) is 23.1 Å². The zero-order valence-corrected chi connectivity index (χ0v) is 24.1. The third-order valence-corrected chi connectivity index (χ3v) is 6.25. The molecule has 0 aliphatic rings. The number of nitriles is 1. The van der Waals surface area contributed by atoms with Crippen molar-refractivity contribution in [3.63, 3.8) is 0 Å². The van der Waals surface area contributed by atoms with Crippen LogP contribution in [0.5, 0.6) is 5.75 Å². The molecule has 0 saturated heterocycles. The van der Waals surface area contributed by atoms with Gasteiger partial charge in [-0.25, -0.2) is 4.98 Å². The quantitative estimate of drug-likeness (QED) is 0.247. The van der Waals surface area contributed by atoms with Crippen LogP contribution in [0.15, 0.2) is 54.9 Å². The third kappa shape index (κ3) is 7.09. The molecule has 0 unspecified atom stereocenters. The first-order valence-electron chi connectivity index (χ1n) is 12.9. The van der Waals surface area contributed by atoms with Gasteiger partial charge in [-0.3, -0.25) is 9.48 Å². The molecule has 1 amide bonds. The lowest BCUT2D eigenvalue weighted by Gasteiger charge is -2.26. The van der Waals surface area contributed by atoms with Crippen molar-refractivity contribution in [1.29, 1.82) is 5.26 Å². The fraction of sp³-hybridized carbons (Fsp3) is 0.276. The molecule has 2 heterocycles. The van der Waals surface area contributed by atoms with Crippen LogP contribution < -0.4 is 25.6 Å². The monoisotopic (exact) mass is 554 g/mol. The molecule has 2 aromatic carbocycles. The summed E-state index contributed by atoms with van der Waals surface area (Å²) in [6.45, 7) is 3.03. The average Bonchev–Trinajstić information content (AvgIpc) is 3.38. The largest absolute Gasteiger partial charge is 0.494 e. The van der Waals surface area contributed by atoms with E-state index in [4.69, 9.17) is 4.74 Å². The highest BCUT2D eigenvalue weighted by molar-refractivity contribution is 5.95. The second-order valence-corrected chi connectivity index (χ2v) is 9.71. The van der Waals surface area contributed by atoms with Gasteiger partial charge in [0.2, 0.25) is 11.9 Å². The van der Waals surface area contributed by atoms with E-state index in [2.05, 4.69) is 46.9 Å². The maximum Gasteiger partial charge on any atom is 0.229 e. The Morgan fingerprint density at radius 1 is 1.07 bits per heavy atom. The molecule has 0 saturated carbocycles. The number of hydrogen-bond donors (Lipinski definition) is 3. The second kappa shape index (κ2) is 12.8. The smallest absolute Gasteiger partial charge is 0.229 e. The Morgan fingerprint density at radius 2 is 1.85 bits per heavy atom. The normalized spacial score (nSPS) is 10.7. The molecule has 12 heteroatoms. The van der Waals surface area contributed by atoms with Gasteiger partial charge in [0.25, 0.3) is 0 Å². The summed E-state index contributed by atoms with van der Waals surface area (Å²) in [7, 11) is 9.41. The van der Waals surface area contributed by atoms with Crippen molar-refractivity contribution in [3.05, 3.63) is 60.4 Å². The summed E-state index contributed by atoms with van der Waals surface area (Å²) in [5, 5.41) is 23.6. The van der Waals surface area contributed by atoms with Crippen LogP contribution in [0.4, 0.5) is 34.5 Å². The van der Waals surface area contributed by atoms with Crippen LogP contribution in [0.2, 0.25) is 0 Å². The van der Waals surface area contributed by atoms with Crippen LogP contribution >= 0.6 is 0 Å². The minimum Gasteiger partial charge on any atom is -0.494 e. The topological polar surface area (TPSA) is 136 Å². The number of carbonyl (C=O) groups excluding carboxylic acids is 1. The maximum atomic E-state index is 12.0. The Labute approximate surface area is 239 Å². The molecule has 0 aliphatic heterocycles. The fourth-order valence-electron chi connectivity index (χ4n) is 4.15. The lowest BCUT2D eigenvalue weighted by atomic mass is 10.1. The van der Waals surface area contributed by atoms with E-state index < -0.39 is 0 Å². The van der Waals surface area contributed by atoms with Gasteiger partial charge in [-0.2, -0.15) is 15.3 Å². The van der Waals surface area contributed by atoms with Crippen LogP contribution in [0.25, 0.3) is 11.3 Å². The number of para-hydroxylation sites is 1. The van der Waals surface area contributed by atoms with Crippen molar-refractivity contribution in [2.75, 3.05) is 62.2 Å².